The molecule has 5 heteroatoms. The van der Waals surface area contributed by atoms with E-state index in [2.05, 4.69) is 46.2 Å². The second-order valence-electron chi connectivity index (χ2n) is 7.61. The van der Waals surface area contributed by atoms with Crippen LogP contribution in [0.25, 0.3) is 0 Å². The molecule has 0 spiro atoms. The molecule has 1 aliphatic heterocycles. The minimum Gasteiger partial charge on any atom is -0.478 e. The van der Waals surface area contributed by atoms with Gasteiger partial charge in [-0.1, -0.05) is 6.58 Å². The highest BCUT2D eigenvalue weighted by Gasteiger charge is 2.54. The summed E-state index contributed by atoms with van der Waals surface area (Å²) in [6.07, 6.45) is 1.55. The number of aliphatic carboxylic acids is 1. The molecule has 1 N–H and O–H groups in total. The van der Waals surface area contributed by atoms with Crippen LogP contribution in [0.4, 0.5) is 0 Å². The summed E-state index contributed by atoms with van der Waals surface area (Å²) in [4.78, 5) is 14.0. The molecule has 0 aromatic heterocycles. The number of hydrogen-bond donors (Lipinski definition) is 1. The fourth-order valence-corrected chi connectivity index (χ4v) is 3.92. The van der Waals surface area contributed by atoms with Crippen LogP contribution in [0.15, 0.2) is 12.2 Å². The minimum atomic E-state index is -1.27. The molecular weight excluding hydrogens is 294 g/mol. The van der Waals surface area contributed by atoms with E-state index in [0.717, 1.165) is 12.8 Å². The van der Waals surface area contributed by atoms with Gasteiger partial charge >= 0.3 is 5.97 Å². The molecule has 1 heterocycles. The Morgan fingerprint density at radius 3 is 1.87 bits per heavy atom. The Morgan fingerprint density at radius 1 is 1.17 bits per heavy atom. The quantitative estimate of drug-likeness (QED) is 0.574. The van der Waals surface area contributed by atoms with Crippen LogP contribution in [0.3, 0.4) is 0 Å². The molecule has 1 fully saturated rings. The summed E-state index contributed by atoms with van der Waals surface area (Å²) in [6.45, 7) is 16.9. The summed E-state index contributed by atoms with van der Waals surface area (Å²) < 4.78 is 11.9. The summed E-state index contributed by atoms with van der Waals surface area (Å²) in [5, 5.41) is 9.54. The first-order chi connectivity index (χ1) is 10.4. The van der Waals surface area contributed by atoms with E-state index in [4.69, 9.17) is 9.47 Å². The van der Waals surface area contributed by atoms with Crippen LogP contribution in [0, 0.1) is 5.92 Å². The van der Waals surface area contributed by atoms with Gasteiger partial charge in [-0.05, 0) is 61.4 Å². The first-order valence-corrected chi connectivity index (χ1v) is 8.39. The Bertz CT molecular complexity index is 432. The highest BCUT2D eigenvalue weighted by molar-refractivity contribution is 5.87. The summed E-state index contributed by atoms with van der Waals surface area (Å²) in [5.41, 5.74) is -0.197. The zero-order chi connectivity index (χ0) is 18.1. The van der Waals surface area contributed by atoms with Crippen molar-refractivity contribution in [2.24, 2.45) is 5.92 Å². The van der Waals surface area contributed by atoms with E-state index in [-0.39, 0.29) is 22.6 Å². The van der Waals surface area contributed by atoms with Crippen LogP contribution < -0.4 is 0 Å². The number of hydrogen-bond acceptors (Lipinski definition) is 4. The maximum Gasteiger partial charge on any atom is 0.336 e. The van der Waals surface area contributed by atoms with Crippen LogP contribution in [0.5, 0.6) is 0 Å². The Morgan fingerprint density at radius 2 is 1.57 bits per heavy atom. The van der Waals surface area contributed by atoms with Gasteiger partial charge in [0.25, 0.3) is 0 Å². The van der Waals surface area contributed by atoms with Crippen molar-refractivity contribution in [1.82, 2.24) is 4.90 Å². The average Bonchev–Trinajstić information content (AvgIpc) is 2.42. The number of carboxylic acid groups (broad SMARTS) is 1. The third-order valence-corrected chi connectivity index (χ3v) is 5.24. The molecule has 0 radical (unpaired) electrons. The average molecular weight is 327 g/mol. The molecule has 0 atom stereocenters. The van der Waals surface area contributed by atoms with Crippen LogP contribution in [-0.4, -0.2) is 53.1 Å². The van der Waals surface area contributed by atoms with Crippen molar-refractivity contribution in [2.75, 3.05) is 20.3 Å². The standard InChI is InChI=1S/C18H33NO4/c1-9-22-18(23-10-2,13(3)15(20)21)14-11-16(4,5)19(8)17(6,7)12-14/h14H,3,9-12H2,1-2,4-8H3,(H,20,21). The Hall–Kier alpha value is -0.910. The topological polar surface area (TPSA) is 59.0 Å². The van der Waals surface area contributed by atoms with E-state index in [1.54, 1.807) is 0 Å². The lowest BCUT2D eigenvalue weighted by Crippen LogP contribution is -2.63. The van der Waals surface area contributed by atoms with Crippen molar-refractivity contribution in [3.05, 3.63) is 12.2 Å². The van der Waals surface area contributed by atoms with E-state index < -0.39 is 11.8 Å². The molecule has 0 unspecified atom stereocenters. The summed E-state index contributed by atoms with van der Waals surface area (Å²) in [5.74, 6) is -2.42. The monoisotopic (exact) mass is 327 g/mol. The van der Waals surface area contributed by atoms with E-state index in [9.17, 15) is 9.90 Å². The van der Waals surface area contributed by atoms with E-state index in [1.165, 1.54) is 0 Å². The van der Waals surface area contributed by atoms with Gasteiger partial charge in [0.1, 0.15) is 0 Å². The molecule has 1 aliphatic rings. The molecule has 23 heavy (non-hydrogen) atoms. The lowest BCUT2D eigenvalue weighted by Gasteiger charge is -2.57. The molecule has 0 aromatic carbocycles. The molecule has 5 nitrogen and oxygen atoms in total. The number of likely N-dealkylation sites (tertiary alicyclic amines) is 1. The molecule has 0 saturated carbocycles. The zero-order valence-corrected chi connectivity index (χ0v) is 15.7. The van der Waals surface area contributed by atoms with Crippen molar-refractivity contribution in [2.45, 2.75) is 71.2 Å². The highest BCUT2D eigenvalue weighted by Crippen LogP contribution is 2.47. The fourth-order valence-electron chi connectivity index (χ4n) is 3.92. The molecule has 1 saturated heterocycles. The molecule has 0 bridgehead atoms. The number of piperidine rings is 1. The van der Waals surface area contributed by atoms with Crippen LogP contribution in [0.1, 0.15) is 54.4 Å². The first kappa shape index (κ1) is 20.1. The molecule has 134 valence electrons. The number of ether oxygens (including phenoxy) is 2. The highest BCUT2D eigenvalue weighted by atomic mass is 16.7. The van der Waals surface area contributed by atoms with Gasteiger partial charge in [0.05, 0.1) is 5.57 Å². The SMILES string of the molecule is C=C(C(=O)O)C(OCC)(OCC)C1CC(C)(C)N(C)C(C)(C)C1. The van der Waals surface area contributed by atoms with Gasteiger partial charge in [-0.3, -0.25) is 4.90 Å². The Labute approximate surface area is 140 Å². The number of nitrogens with zero attached hydrogens (tertiary/aromatic N) is 1. The molecular formula is C18H33NO4. The van der Waals surface area contributed by atoms with E-state index in [0.29, 0.717) is 13.2 Å². The van der Waals surface area contributed by atoms with E-state index in [1.807, 2.05) is 13.8 Å². The molecule has 0 amide bonds. The number of carbonyl (C=O) groups is 1. The van der Waals surface area contributed by atoms with Crippen molar-refractivity contribution in [1.29, 1.82) is 0 Å². The van der Waals surface area contributed by atoms with Crippen LogP contribution >= 0.6 is 0 Å². The summed E-state index contributed by atoms with van der Waals surface area (Å²) >= 11 is 0. The Kier molecular flexibility index (Phi) is 6.05. The third-order valence-electron chi connectivity index (χ3n) is 5.24. The molecule has 1 rings (SSSR count). The third kappa shape index (κ3) is 3.78. The maximum absolute atomic E-state index is 11.7. The first-order valence-electron chi connectivity index (χ1n) is 8.39. The van der Waals surface area contributed by atoms with Crippen molar-refractivity contribution in [3.63, 3.8) is 0 Å². The minimum absolute atomic E-state index is 0.0117. The second-order valence-corrected chi connectivity index (χ2v) is 7.61. The Balaban J connectivity index is 3.35. The van der Waals surface area contributed by atoms with Gasteiger partial charge in [0.2, 0.25) is 5.79 Å². The predicted molar refractivity (Wildman–Crippen MR) is 91.4 cm³/mol. The normalized spacial score (nSPS) is 22.0. The second kappa shape index (κ2) is 6.91. The summed E-state index contributed by atoms with van der Waals surface area (Å²) in [7, 11) is 2.12. The molecule has 0 aliphatic carbocycles. The van der Waals surface area contributed by atoms with E-state index >= 15 is 0 Å². The van der Waals surface area contributed by atoms with Gasteiger partial charge in [0, 0.05) is 30.2 Å². The van der Waals surface area contributed by atoms with Gasteiger partial charge < -0.3 is 14.6 Å². The number of carboxylic acids is 1. The zero-order valence-electron chi connectivity index (χ0n) is 15.7. The van der Waals surface area contributed by atoms with Gasteiger partial charge in [-0.2, -0.15) is 0 Å². The molecule has 0 aromatic rings. The van der Waals surface area contributed by atoms with Gasteiger partial charge in [-0.15, -0.1) is 0 Å². The van der Waals surface area contributed by atoms with Crippen LogP contribution in [-0.2, 0) is 14.3 Å². The van der Waals surface area contributed by atoms with Crippen molar-refractivity contribution in [3.8, 4) is 0 Å². The number of rotatable bonds is 7. The van der Waals surface area contributed by atoms with Crippen LogP contribution in [0.2, 0.25) is 0 Å². The van der Waals surface area contributed by atoms with Crippen molar-refractivity contribution < 1.29 is 19.4 Å². The van der Waals surface area contributed by atoms with Crippen molar-refractivity contribution >= 4 is 5.97 Å². The predicted octanol–water partition coefficient (Wildman–Crippen LogP) is 3.30. The fraction of sp³-hybridized carbons (Fsp3) is 0.833. The van der Waals surface area contributed by atoms with Gasteiger partial charge in [-0.25, -0.2) is 4.79 Å². The lowest BCUT2D eigenvalue weighted by atomic mass is 9.69. The summed E-state index contributed by atoms with van der Waals surface area (Å²) in [6, 6.07) is 0. The maximum atomic E-state index is 11.7. The van der Waals surface area contributed by atoms with Gasteiger partial charge in [0.15, 0.2) is 0 Å². The lowest BCUT2D eigenvalue weighted by molar-refractivity contribution is -0.258. The largest absolute Gasteiger partial charge is 0.478 e. The smallest absolute Gasteiger partial charge is 0.336 e.